The predicted octanol–water partition coefficient (Wildman–Crippen LogP) is 2.18. The van der Waals surface area contributed by atoms with Gasteiger partial charge in [-0.05, 0) is 24.3 Å². The number of fused-ring (bicyclic) bond motifs is 1. The van der Waals surface area contributed by atoms with E-state index in [2.05, 4.69) is 10.6 Å². The van der Waals surface area contributed by atoms with Crippen molar-refractivity contribution in [3.8, 4) is 17.2 Å². The van der Waals surface area contributed by atoms with Crippen LogP contribution in [0.1, 0.15) is 23.2 Å². The van der Waals surface area contributed by atoms with Crippen LogP contribution in [0.2, 0.25) is 0 Å². The largest absolute Gasteiger partial charge is 0.497 e. The van der Waals surface area contributed by atoms with Crippen molar-refractivity contribution in [1.82, 2.24) is 5.32 Å². The summed E-state index contributed by atoms with van der Waals surface area (Å²) >= 11 is 0. The van der Waals surface area contributed by atoms with E-state index in [0.29, 0.717) is 41.7 Å². The average Bonchev–Trinajstić information content (AvgIpc) is 2.76. The number of Topliss-reactive ketones (excluding diaryl/α,β-unsaturated/α-hetero) is 1. The SMILES string of the molecule is COc1cccc(C(=O)CCC(=O)NCC(=O)Nc2ccc3c(c2)OCCO3)c1. The van der Waals surface area contributed by atoms with E-state index >= 15 is 0 Å². The summed E-state index contributed by atoms with van der Waals surface area (Å²) in [5.41, 5.74) is 1.02. The monoisotopic (exact) mass is 398 g/mol. The summed E-state index contributed by atoms with van der Waals surface area (Å²) in [4.78, 5) is 36.2. The molecule has 0 saturated carbocycles. The van der Waals surface area contributed by atoms with E-state index in [9.17, 15) is 14.4 Å². The van der Waals surface area contributed by atoms with Crippen molar-refractivity contribution in [2.24, 2.45) is 0 Å². The molecule has 8 heteroatoms. The fraction of sp³-hybridized carbons (Fsp3) is 0.286. The Kier molecular flexibility index (Phi) is 6.67. The molecule has 2 aromatic carbocycles. The highest BCUT2D eigenvalue weighted by molar-refractivity contribution is 5.99. The third-order valence-corrected chi connectivity index (χ3v) is 4.24. The van der Waals surface area contributed by atoms with Gasteiger partial charge in [0.1, 0.15) is 19.0 Å². The number of nitrogens with one attached hydrogen (secondary N) is 2. The van der Waals surface area contributed by atoms with Crippen LogP contribution in [-0.2, 0) is 9.59 Å². The van der Waals surface area contributed by atoms with Crippen molar-refractivity contribution >= 4 is 23.3 Å². The molecule has 2 amide bonds. The van der Waals surface area contributed by atoms with Crippen LogP contribution in [0.25, 0.3) is 0 Å². The second-order valence-corrected chi connectivity index (χ2v) is 6.34. The van der Waals surface area contributed by atoms with E-state index < -0.39 is 0 Å². The normalized spacial score (nSPS) is 12.0. The molecule has 0 spiro atoms. The first kappa shape index (κ1) is 20.2. The summed E-state index contributed by atoms with van der Waals surface area (Å²) in [5.74, 6) is 0.848. The molecule has 0 aromatic heterocycles. The van der Waals surface area contributed by atoms with Crippen LogP contribution < -0.4 is 24.8 Å². The molecule has 1 heterocycles. The topological polar surface area (TPSA) is 103 Å². The number of amides is 2. The molecule has 0 bridgehead atoms. The number of anilines is 1. The minimum atomic E-state index is -0.380. The molecule has 0 aliphatic carbocycles. The molecule has 2 aromatic rings. The van der Waals surface area contributed by atoms with Crippen LogP contribution >= 0.6 is 0 Å². The van der Waals surface area contributed by atoms with E-state index in [1.54, 1.807) is 42.5 Å². The van der Waals surface area contributed by atoms with Crippen LogP contribution in [-0.4, -0.2) is 44.5 Å². The second-order valence-electron chi connectivity index (χ2n) is 6.34. The van der Waals surface area contributed by atoms with Gasteiger partial charge in [0.05, 0.1) is 13.7 Å². The lowest BCUT2D eigenvalue weighted by atomic mass is 10.1. The number of hydrogen-bond donors (Lipinski definition) is 2. The number of ether oxygens (including phenoxy) is 3. The summed E-state index contributed by atoms with van der Waals surface area (Å²) in [6.45, 7) is 0.751. The summed E-state index contributed by atoms with van der Waals surface area (Å²) in [6, 6.07) is 11.8. The zero-order chi connectivity index (χ0) is 20.6. The van der Waals surface area contributed by atoms with Gasteiger partial charge in [0.25, 0.3) is 0 Å². The minimum Gasteiger partial charge on any atom is -0.497 e. The minimum absolute atomic E-state index is 0.00660. The Morgan fingerprint density at radius 1 is 0.966 bits per heavy atom. The van der Waals surface area contributed by atoms with Gasteiger partial charge in [-0.2, -0.15) is 0 Å². The quantitative estimate of drug-likeness (QED) is 0.661. The van der Waals surface area contributed by atoms with Crippen LogP contribution in [0.4, 0.5) is 5.69 Å². The molecule has 8 nitrogen and oxygen atoms in total. The molecule has 152 valence electrons. The maximum atomic E-state index is 12.2. The van der Waals surface area contributed by atoms with Gasteiger partial charge in [-0.15, -0.1) is 0 Å². The fourth-order valence-corrected chi connectivity index (χ4v) is 2.76. The van der Waals surface area contributed by atoms with Crippen molar-refractivity contribution in [2.45, 2.75) is 12.8 Å². The lowest BCUT2D eigenvalue weighted by molar-refractivity contribution is -0.124. The maximum Gasteiger partial charge on any atom is 0.243 e. The Labute approximate surface area is 168 Å². The highest BCUT2D eigenvalue weighted by atomic mass is 16.6. The Bertz CT molecular complexity index is 912. The highest BCUT2D eigenvalue weighted by Gasteiger charge is 2.14. The number of benzene rings is 2. The Morgan fingerprint density at radius 3 is 2.55 bits per heavy atom. The van der Waals surface area contributed by atoms with Gasteiger partial charge >= 0.3 is 0 Å². The van der Waals surface area contributed by atoms with Gasteiger partial charge in [-0.1, -0.05) is 12.1 Å². The van der Waals surface area contributed by atoms with Gasteiger partial charge < -0.3 is 24.8 Å². The van der Waals surface area contributed by atoms with Crippen molar-refractivity contribution in [3.63, 3.8) is 0 Å². The molecule has 0 atom stereocenters. The smallest absolute Gasteiger partial charge is 0.243 e. The van der Waals surface area contributed by atoms with Gasteiger partial charge in [0.15, 0.2) is 17.3 Å². The number of ketones is 1. The summed E-state index contributed by atoms with van der Waals surface area (Å²) in [6.07, 6.45) is 0.0378. The standard InChI is InChI=1S/C21H22N2O6/c1-27-16-4-2-3-14(11-16)17(24)6-8-20(25)22-13-21(26)23-15-5-7-18-19(12-15)29-10-9-28-18/h2-5,7,11-12H,6,8-10,13H2,1H3,(H,22,25)(H,23,26). The first-order chi connectivity index (χ1) is 14.0. The molecule has 0 fully saturated rings. The Morgan fingerprint density at radius 2 is 1.76 bits per heavy atom. The van der Waals surface area contributed by atoms with Gasteiger partial charge in [-0.3, -0.25) is 14.4 Å². The lowest BCUT2D eigenvalue weighted by Gasteiger charge is -2.19. The van der Waals surface area contributed by atoms with E-state index in [4.69, 9.17) is 14.2 Å². The predicted molar refractivity (Wildman–Crippen MR) is 106 cm³/mol. The molecule has 0 unspecified atom stereocenters. The van der Waals surface area contributed by atoms with Gasteiger partial charge in [-0.25, -0.2) is 0 Å². The molecule has 0 saturated heterocycles. The fourth-order valence-electron chi connectivity index (χ4n) is 2.76. The first-order valence-electron chi connectivity index (χ1n) is 9.18. The average molecular weight is 398 g/mol. The third-order valence-electron chi connectivity index (χ3n) is 4.24. The van der Waals surface area contributed by atoms with Crippen molar-refractivity contribution in [2.75, 3.05) is 32.2 Å². The summed E-state index contributed by atoms with van der Waals surface area (Å²) < 4.78 is 16.0. The Hall–Kier alpha value is -3.55. The molecule has 3 rings (SSSR count). The van der Waals surface area contributed by atoms with Crippen LogP contribution in [0.5, 0.6) is 17.2 Å². The van der Waals surface area contributed by atoms with Crippen LogP contribution in [0.3, 0.4) is 0 Å². The van der Waals surface area contributed by atoms with Crippen molar-refractivity contribution in [3.05, 3.63) is 48.0 Å². The molecule has 29 heavy (non-hydrogen) atoms. The number of hydrogen-bond acceptors (Lipinski definition) is 6. The van der Waals surface area contributed by atoms with Gasteiger partial charge in [0, 0.05) is 30.2 Å². The number of rotatable bonds is 8. The third kappa shape index (κ3) is 5.71. The summed E-state index contributed by atoms with van der Waals surface area (Å²) in [5, 5.41) is 5.19. The number of carbonyl (C=O) groups is 3. The zero-order valence-electron chi connectivity index (χ0n) is 16.0. The molecule has 1 aliphatic rings. The maximum absolute atomic E-state index is 12.2. The number of carbonyl (C=O) groups excluding carboxylic acids is 3. The highest BCUT2D eigenvalue weighted by Crippen LogP contribution is 2.32. The van der Waals surface area contributed by atoms with Crippen LogP contribution in [0, 0.1) is 0 Å². The second kappa shape index (κ2) is 9.59. The molecular weight excluding hydrogens is 376 g/mol. The van der Waals surface area contributed by atoms with E-state index in [1.165, 1.54) is 7.11 Å². The lowest BCUT2D eigenvalue weighted by Crippen LogP contribution is -2.33. The molecule has 0 radical (unpaired) electrons. The van der Waals surface area contributed by atoms with Crippen molar-refractivity contribution in [1.29, 1.82) is 0 Å². The first-order valence-corrected chi connectivity index (χ1v) is 9.18. The zero-order valence-corrected chi connectivity index (χ0v) is 16.0. The van der Waals surface area contributed by atoms with Gasteiger partial charge in [0.2, 0.25) is 11.8 Å². The van der Waals surface area contributed by atoms with Crippen molar-refractivity contribution < 1.29 is 28.6 Å². The Balaban J connectivity index is 1.42. The molecule has 2 N–H and O–H groups in total. The molecular formula is C21H22N2O6. The van der Waals surface area contributed by atoms with E-state index in [-0.39, 0.29) is 37.0 Å². The summed E-state index contributed by atoms with van der Waals surface area (Å²) in [7, 11) is 1.52. The van der Waals surface area contributed by atoms with Crippen LogP contribution in [0.15, 0.2) is 42.5 Å². The molecule has 1 aliphatic heterocycles. The van der Waals surface area contributed by atoms with E-state index in [1.807, 2.05) is 0 Å². The van der Waals surface area contributed by atoms with E-state index in [0.717, 1.165) is 0 Å². The number of methoxy groups -OCH3 is 1.